The number of hydrogen-bond acceptors (Lipinski definition) is 2. The topological polar surface area (TPSA) is 72.2 Å². The Hall–Kier alpha value is -1.55. The van der Waals surface area contributed by atoms with E-state index >= 15 is 0 Å². The molecule has 1 aromatic rings. The summed E-state index contributed by atoms with van der Waals surface area (Å²) < 4.78 is 0. The molecule has 0 aliphatic heterocycles. The number of carbonyl (C=O) groups is 2. The van der Waals surface area contributed by atoms with Crippen molar-refractivity contribution in [3.8, 4) is 0 Å². The first-order valence-electron chi connectivity index (χ1n) is 4.37. The molecule has 0 fully saturated rings. The molecule has 15 heavy (non-hydrogen) atoms. The highest BCUT2D eigenvalue weighted by atomic mass is 35.5. The highest BCUT2D eigenvalue weighted by Crippen LogP contribution is 2.10. The first-order chi connectivity index (χ1) is 7.08. The van der Waals surface area contributed by atoms with E-state index in [4.69, 9.17) is 17.3 Å². The summed E-state index contributed by atoms with van der Waals surface area (Å²) in [7, 11) is 0. The van der Waals surface area contributed by atoms with E-state index in [1.165, 1.54) is 0 Å². The van der Waals surface area contributed by atoms with Gasteiger partial charge in [0, 0.05) is 5.02 Å². The maximum absolute atomic E-state index is 11.3. The van der Waals surface area contributed by atoms with Crippen LogP contribution in [0.3, 0.4) is 0 Å². The molecule has 1 aromatic carbocycles. The molecular formula is C10H11ClN2O2. The average molecular weight is 227 g/mol. The van der Waals surface area contributed by atoms with Crippen LogP contribution in [0.2, 0.25) is 5.02 Å². The van der Waals surface area contributed by atoms with Crippen molar-refractivity contribution in [2.45, 2.75) is 6.42 Å². The lowest BCUT2D eigenvalue weighted by atomic mass is 10.1. The van der Waals surface area contributed by atoms with E-state index in [1.54, 1.807) is 24.3 Å². The fraction of sp³-hybridized carbons (Fsp3) is 0.200. The molecule has 0 aliphatic carbocycles. The number of amides is 2. The Morgan fingerprint density at radius 3 is 2.73 bits per heavy atom. The minimum Gasteiger partial charge on any atom is -0.368 e. The molecule has 4 nitrogen and oxygen atoms in total. The number of primary amides is 1. The van der Waals surface area contributed by atoms with Crippen molar-refractivity contribution in [2.75, 3.05) is 6.54 Å². The van der Waals surface area contributed by atoms with Gasteiger partial charge in [-0.25, -0.2) is 0 Å². The van der Waals surface area contributed by atoms with Crippen LogP contribution in [-0.2, 0) is 16.0 Å². The molecule has 0 unspecified atom stereocenters. The highest BCUT2D eigenvalue weighted by molar-refractivity contribution is 6.30. The van der Waals surface area contributed by atoms with Crippen LogP contribution < -0.4 is 11.1 Å². The molecule has 0 heterocycles. The Bertz CT molecular complexity index is 379. The van der Waals surface area contributed by atoms with Crippen molar-refractivity contribution in [3.63, 3.8) is 0 Å². The van der Waals surface area contributed by atoms with Gasteiger partial charge in [0.1, 0.15) is 0 Å². The Balaban J connectivity index is 2.48. The van der Waals surface area contributed by atoms with Crippen molar-refractivity contribution < 1.29 is 9.59 Å². The lowest BCUT2D eigenvalue weighted by molar-refractivity contribution is -0.124. The molecule has 0 spiro atoms. The first kappa shape index (κ1) is 11.5. The minimum atomic E-state index is -0.561. The molecule has 80 valence electrons. The molecule has 0 saturated carbocycles. The molecule has 1 rings (SSSR count). The Morgan fingerprint density at radius 2 is 2.13 bits per heavy atom. The van der Waals surface area contributed by atoms with Crippen molar-refractivity contribution in [3.05, 3.63) is 34.9 Å². The quantitative estimate of drug-likeness (QED) is 0.784. The fourth-order valence-electron chi connectivity index (χ4n) is 1.08. The molecule has 0 aromatic heterocycles. The predicted octanol–water partition coefficient (Wildman–Crippen LogP) is 0.484. The SMILES string of the molecule is NC(=O)CNC(=O)Cc1cccc(Cl)c1. The van der Waals surface area contributed by atoms with Crippen LogP contribution >= 0.6 is 11.6 Å². The van der Waals surface area contributed by atoms with Crippen LogP contribution in [0, 0.1) is 0 Å². The summed E-state index contributed by atoms with van der Waals surface area (Å²) in [6.07, 6.45) is 0.188. The molecule has 0 saturated heterocycles. The van der Waals surface area contributed by atoms with Gasteiger partial charge >= 0.3 is 0 Å². The monoisotopic (exact) mass is 226 g/mol. The standard InChI is InChI=1S/C10H11ClN2O2/c11-8-3-1-2-7(4-8)5-10(15)13-6-9(12)14/h1-4H,5-6H2,(H2,12,14)(H,13,15). The van der Waals surface area contributed by atoms with Gasteiger partial charge in [0.2, 0.25) is 11.8 Å². The van der Waals surface area contributed by atoms with E-state index in [0.29, 0.717) is 5.02 Å². The van der Waals surface area contributed by atoms with E-state index < -0.39 is 5.91 Å². The third kappa shape index (κ3) is 4.46. The summed E-state index contributed by atoms with van der Waals surface area (Å²) in [5.41, 5.74) is 5.68. The van der Waals surface area contributed by atoms with Gasteiger partial charge in [0.15, 0.2) is 0 Å². The second-order valence-corrected chi connectivity index (χ2v) is 3.49. The zero-order valence-corrected chi connectivity index (χ0v) is 8.75. The summed E-state index contributed by atoms with van der Waals surface area (Å²) in [6.45, 7) is -0.139. The molecule has 0 atom stereocenters. The van der Waals surface area contributed by atoms with Crippen molar-refractivity contribution >= 4 is 23.4 Å². The van der Waals surface area contributed by atoms with Crippen LogP contribution in [-0.4, -0.2) is 18.4 Å². The summed E-state index contributed by atoms with van der Waals surface area (Å²) >= 11 is 5.75. The number of halogens is 1. The Morgan fingerprint density at radius 1 is 1.40 bits per heavy atom. The summed E-state index contributed by atoms with van der Waals surface area (Å²) in [4.78, 5) is 21.7. The molecule has 0 radical (unpaired) electrons. The normalized spacial score (nSPS) is 9.67. The first-order valence-corrected chi connectivity index (χ1v) is 4.75. The molecular weight excluding hydrogens is 216 g/mol. The lowest BCUT2D eigenvalue weighted by Crippen LogP contribution is -2.34. The molecule has 0 bridgehead atoms. The number of benzene rings is 1. The predicted molar refractivity (Wildman–Crippen MR) is 57.4 cm³/mol. The van der Waals surface area contributed by atoms with Crippen LogP contribution in [0.15, 0.2) is 24.3 Å². The number of nitrogens with one attached hydrogen (secondary N) is 1. The van der Waals surface area contributed by atoms with Gasteiger partial charge in [0.05, 0.1) is 13.0 Å². The maximum Gasteiger partial charge on any atom is 0.236 e. The van der Waals surface area contributed by atoms with Crippen LogP contribution in [0.1, 0.15) is 5.56 Å². The lowest BCUT2D eigenvalue weighted by Gasteiger charge is -2.03. The number of rotatable bonds is 4. The van der Waals surface area contributed by atoms with Crippen LogP contribution in [0.25, 0.3) is 0 Å². The zero-order valence-electron chi connectivity index (χ0n) is 8.00. The summed E-state index contributed by atoms with van der Waals surface area (Å²) in [5.74, 6) is -0.814. The van der Waals surface area contributed by atoms with Crippen LogP contribution in [0.5, 0.6) is 0 Å². The highest BCUT2D eigenvalue weighted by Gasteiger charge is 2.04. The second-order valence-electron chi connectivity index (χ2n) is 3.05. The smallest absolute Gasteiger partial charge is 0.236 e. The van der Waals surface area contributed by atoms with Crippen LogP contribution in [0.4, 0.5) is 0 Å². The fourth-order valence-corrected chi connectivity index (χ4v) is 1.29. The zero-order chi connectivity index (χ0) is 11.3. The van der Waals surface area contributed by atoms with E-state index in [1.807, 2.05) is 0 Å². The third-order valence-corrected chi connectivity index (χ3v) is 1.95. The third-order valence-electron chi connectivity index (χ3n) is 1.71. The van der Waals surface area contributed by atoms with E-state index in [0.717, 1.165) is 5.56 Å². The van der Waals surface area contributed by atoms with Crippen molar-refractivity contribution in [2.24, 2.45) is 5.73 Å². The van der Waals surface area contributed by atoms with Gasteiger partial charge in [-0.15, -0.1) is 0 Å². The summed E-state index contributed by atoms with van der Waals surface area (Å²) in [5, 5.41) is 2.97. The van der Waals surface area contributed by atoms with E-state index in [9.17, 15) is 9.59 Å². The molecule has 5 heteroatoms. The number of nitrogens with two attached hydrogens (primary N) is 1. The van der Waals surface area contributed by atoms with Gasteiger partial charge in [0.25, 0.3) is 0 Å². The second kappa shape index (κ2) is 5.36. The molecule has 3 N–H and O–H groups in total. The van der Waals surface area contributed by atoms with Crippen molar-refractivity contribution in [1.82, 2.24) is 5.32 Å². The number of carbonyl (C=O) groups excluding carboxylic acids is 2. The van der Waals surface area contributed by atoms with E-state index in [2.05, 4.69) is 5.32 Å². The molecule has 2 amide bonds. The minimum absolute atomic E-state index is 0.139. The Kier molecular flexibility index (Phi) is 4.12. The maximum atomic E-state index is 11.3. The average Bonchev–Trinajstić information content (AvgIpc) is 2.15. The van der Waals surface area contributed by atoms with E-state index in [-0.39, 0.29) is 18.9 Å². The van der Waals surface area contributed by atoms with Gasteiger partial charge in [-0.05, 0) is 17.7 Å². The van der Waals surface area contributed by atoms with Gasteiger partial charge in [-0.1, -0.05) is 23.7 Å². The van der Waals surface area contributed by atoms with Crippen molar-refractivity contribution in [1.29, 1.82) is 0 Å². The van der Waals surface area contributed by atoms with Gasteiger partial charge in [-0.2, -0.15) is 0 Å². The Labute approximate surface area is 92.4 Å². The largest absolute Gasteiger partial charge is 0.368 e. The summed E-state index contributed by atoms with van der Waals surface area (Å²) in [6, 6.07) is 6.98. The van der Waals surface area contributed by atoms with Gasteiger partial charge in [-0.3, -0.25) is 9.59 Å². The molecule has 0 aliphatic rings. The number of hydrogen-bond donors (Lipinski definition) is 2. The van der Waals surface area contributed by atoms with Gasteiger partial charge < -0.3 is 11.1 Å².